The number of hydrogen-bond acceptors (Lipinski definition) is 0. The maximum Gasteiger partial charge on any atom is 0.0480 e. The molecule has 0 N–H and O–H groups in total. The quantitative estimate of drug-likeness (QED) is 0.687. The second-order valence-corrected chi connectivity index (χ2v) is 4.51. The van der Waals surface area contributed by atoms with Gasteiger partial charge >= 0.3 is 0 Å². The van der Waals surface area contributed by atoms with Gasteiger partial charge in [0, 0.05) is 17.6 Å². The van der Waals surface area contributed by atoms with Crippen LogP contribution >= 0.6 is 34.8 Å². The molecule has 0 bridgehead atoms. The van der Waals surface area contributed by atoms with E-state index in [0.717, 1.165) is 16.7 Å². The summed E-state index contributed by atoms with van der Waals surface area (Å²) in [6.07, 6.45) is 0. The van der Waals surface area contributed by atoms with Gasteiger partial charge in [-0.2, -0.15) is 0 Å². The summed E-state index contributed by atoms with van der Waals surface area (Å²) < 4.78 is 0. The predicted octanol–water partition coefficient (Wildman–Crippen LogP) is 4.83. The fourth-order valence-electron chi connectivity index (χ4n) is 1.89. The molecule has 0 fully saturated rings. The summed E-state index contributed by atoms with van der Waals surface area (Å²) >= 11 is 17.9. The van der Waals surface area contributed by atoms with Crippen LogP contribution < -0.4 is 0 Å². The average molecular weight is 266 g/mol. The first-order chi connectivity index (χ1) is 7.08. The highest BCUT2D eigenvalue weighted by Crippen LogP contribution is 2.30. The number of rotatable bonds is 3. The van der Waals surface area contributed by atoms with E-state index >= 15 is 0 Å². The van der Waals surface area contributed by atoms with E-state index < -0.39 is 0 Å². The van der Waals surface area contributed by atoms with Crippen molar-refractivity contribution in [1.82, 2.24) is 0 Å². The molecule has 0 saturated carbocycles. The Kier molecular flexibility index (Phi) is 4.76. The Bertz CT molecular complexity index is 339. The van der Waals surface area contributed by atoms with E-state index in [4.69, 9.17) is 34.8 Å². The van der Waals surface area contributed by atoms with Crippen molar-refractivity contribution in [1.29, 1.82) is 0 Å². The molecule has 1 rings (SSSR count). The molecule has 0 radical (unpaired) electrons. The summed E-state index contributed by atoms with van der Waals surface area (Å²) in [6.45, 7) is 6.29. The second kappa shape index (κ2) is 5.43. The fraction of sp³-hybridized carbons (Fsp3) is 0.500. The van der Waals surface area contributed by atoms with Crippen LogP contribution in [0.15, 0.2) is 0 Å². The topological polar surface area (TPSA) is 0 Å². The third-order valence-corrected chi connectivity index (χ3v) is 3.96. The number of halogens is 3. The lowest BCUT2D eigenvalue weighted by Gasteiger charge is -2.19. The number of benzene rings is 1. The molecule has 0 unspecified atom stereocenters. The summed E-state index contributed by atoms with van der Waals surface area (Å²) in [5.41, 5.74) is 7.16. The molecular weight excluding hydrogens is 250 g/mol. The first-order valence-corrected chi connectivity index (χ1v) is 6.47. The molecule has 0 aliphatic carbocycles. The van der Waals surface area contributed by atoms with Crippen LogP contribution in [0.5, 0.6) is 0 Å². The van der Waals surface area contributed by atoms with Gasteiger partial charge in [-0.15, -0.1) is 34.8 Å². The lowest BCUT2D eigenvalue weighted by atomic mass is 9.90. The minimum Gasteiger partial charge on any atom is -0.122 e. The van der Waals surface area contributed by atoms with Crippen molar-refractivity contribution in [2.75, 3.05) is 0 Å². The smallest absolute Gasteiger partial charge is 0.0480 e. The second-order valence-electron chi connectivity index (χ2n) is 3.71. The standard InChI is InChI=1S/C12H15Cl3/c1-7-8(2)10(4-13)12(6-15)11(5-14)9(7)3/h4-6H2,1-3H3. The van der Waals surface area contributed by atoms with Crippen LogP contribution in [-0.4, -0.2) is 0 Å². The van der Waals surface area contributed by atoms with E-state index in [1.165, 1.54) is 16.7 Å². The van der Waals surface area contributed by atoms with Gasteiger partial charge in [-0.25, -0.2) is 0 Å². The van der Waals surface area contributed by atoms with Gasteiger partial charge in [0.1, 0.15) is 0 Å². The van der Waals surface area contributed by atoms with E-state index in [2.05, 4.69) is 20.8 Å². The molecule has 15 heavy (non-hydrogen) atoms. The van der Waals surface area contributed by atoms with Gasteiger partial charge in [-0.05, 0) is 54.2 Å². The maximum atomic E-state index is 5.97. The van der Waals surface area contributed by atoms with Crippen molar-refractivity contribution in [3.63, 3.8) is 0 Å². The Morgan fingerprint density at radius 1 is 0.600 bits per heavy atom. The predicted molar refractivity (Wildman–Crippen MR) is 69.3 cm³/mol. The van der Waals surface area contributed by atoms with Gasteiger partial charge in [0.05, 0.1) is 0 Å². The van der Waals surface area contributed by atoms with Crippen LogP contribution in [0, 0.1) is 20.8 Å². The monoisotopic (exact) mass is 264 g/mol. The molecule has 0 aliphatic rings. The molecule has 1 aromatic carbocycles. The van der Waals surface area contributed by atoms with Crippen molar-refractivity contribution < 1.29 is 0 Å². The Balaban J connectivity index is 3.59. The van der Waals surface area contributed by atoms with E-state index in [1.807, 2.05) is 0 Å². The zero-order valence-corrected chi connectivity index (χ0v) is 11.5. The Morgan fingerprint density at radius 3 is 1.20 bits per heavy atom. The Hall–Kier alpha value is 0.0900. The third kappa shape index (κ3) is 2.27. The van der Waals surface area contributed by atoms with E-state index in [9.17, 15) is 0 Å². The summed E-state index contributed by atoms with van der Waals surface area (Å²) in [7, 11) is 0. The summed E-state index contributed by atoms with van der Waals surface area (Å²) in [5.74, 6) is 1.48. The van der Waals surface area contributed by atoms with Gasteiger partial charge < -0.3 is 0 Å². The molecule has 84 valence electrons. The molecule has 0 aliphatic heterocycles. The van der Waals surface area contributed by atoms with Crippen LogP contribution in [0.2, 0.25) is 0 Å². The summed E-state index contributed by atoms with van der Waals surface area (Å²) in [6, 6.07) is 0. The van der Waals surface area contributed by atoms with Gasteiger partial charge in [0.15, 0.2) is 0 Å². The SMILES string of the molecule is Cc1c(C)c(CCl)c(CCl)c(CCl)c1C. The van der Waals surface area contributed by atoms with Crippen molar-refractivity contribution >= 4 is 34.8 Å². The lowest BCUT2D eigenvalue weighted by molar-refractivity contribution is 1.09. The van der Waals surface area contributed by atoms with Crippen LogP contribution in [-0.2, 0) is 17.6 Å². The van der Waals surface area contributed by atoms with Crippen LogP contribution in [0.3, 0.4) is 0 Å². The van der Waals surface area contributed by atoms with Crippen molar-refractivity contribution in [3.05, 3.63) is 33.4 Å². The minimum absolute atomic E-state index is 0.478. The molecule has 3 heteroatoms. The van der Waals surface area contributed by atoms with E-state index in [0.29, 0.717) is 17.6 Å². The largest absolute Gasteiger partial charge is 0.122 e. The molecular formula is C12H15Cl3. The van der Waals surface area contributed by atoms with Gasteiger partial charge in [0.25, 0.3) is 0 Å². The van der Waals surface area contributed by atoms with E-state index in [1.54, 1.807) is 0 Å². The maximum absolute atomic E-state index is 5.97. The lowest BCUT2D eigenvalue weighted by Crippen LogP contribution is -2.04. The molecule has 0 nitrogen and oxygen atoms in total. The molecule has 0 atom stereocenters. The first kappa shape index (κ1) is 13.2. The van der Waals surface area contributed by atoms with Crippen molar-refractivity contribution in [2.45, 2.75) is 38.4 Å². The zero-order chi connectivity index (χ0) is 11.6. The number of alkyl halides is 3. The van der Waals surface area contributed by atoms with Gasteiger partial charge in [-0.3, -0.25) is 0 Å². The molecule has 0 saturated heterocycles. The molecule has 1 aromatic rings. The normalized spacial score (nSPS) is 10.8. The van der Waals surface area contributed by atoms with Gasteiger partial charge in [0.2, 0.25) is 0 Å². The minimum atomic E-state index is 0.478. The first-order valence-electron chi connectivity index (χ1n) is 4.86. The summed E-state index contributed by atoms with van der Waals surface area (Å²) in [5, 5.41) is 0. The molecule has 0 spiro atoms. The van der Waals surface area contributed by atoms with Crippen LogP contribution in [0.1, 0.15) is 33.4 Å². The number of hydrogen-bond donors (Lipinski definition) is 0. The molecule has 0 heterocycles. The molecule has 0 amide bonds. The zero-order valence-electron chi connectivity index (χ0n) is 9.26. The van der Waals surface area contributed by atoms with Crippen molar-refractivity contribution in [3.8, 4) is 0 Å². The van der Waals surface area contributed by atoms with E-state index in [-0.39, 0.29) is 0 Å². The Labute approximate surface area is 107 Å². The highest BCUT2D eigenvalue weighted by atomic mass is 35.5. The summed E-state index contributed by atoms with van der Waals surface area (Å²) in [4.78, 5) is 0. The highest BCUT2D eigenvalue weighted by molar-refractivity contribution is 6.20. The Morgan fingerprint density at radius 2 is 0.933 bits per heavy atom. The molecule has 0 aromatic heterocycles. The third-order valence-electron chi connectivity index (χ3n) is 3.16. The average Bonchev–Trinajstić information content (AvgIpc) is 2.25. The fourth-order valence-corrected chi connectivity index (χ4v) is 2.94. The van der Waals surface area contributed by atoms with Gasteiger partial charge in [-0.1, -0.05) is 0 Å². The van der Waals surface area contributed by atoms with Crippen LogP contribution in [0.25, 0.3) is 0 Å². The highest BCUT2D eigenvalue weighted by Gasteiger charge is 2.15. The van der Waals surface area contributed by atoms with Crippen LogP contribution in [0.4, 0.5) is 0 Å². The van der Waals surface area contributed by atoms with Crippen molar-refractivity contribution in [2.24, 2.45) is 0 Å².